The largest absolute Gasteiger partial charge is 0.508 e. The Morgan fingerprint density at radius 3 is 2.44 bits per heavy atom. The first kappa shape index (κ1) is 12.2. The van der Waals surface area contributed by atoms with Crippen molar-refractivity contribution in [3.63, 3.8) is 0 Å². The van der Waals surface area contributed by atoms with Crippen molar-refractivity contribution in [1.29, 1.82) is 0 Å². The van der Waals surface area contributed by atoms with Crippen molar-refractivity contribution in [2.75, 3.05) is 24.3 Å². The van der Waals surface area contributed by atoms with Crippen LogP contribution < -0.4 is 10.2 Å². The zero-order valence-electron chi connectivity index (χ0n) is 10.7. The lowest BCUT2D eigenvalue weighted by Gasteiger charge is -2.15. The SMILES string of the molecule is Cc1cnc(Nc2ccc(O)cc2)nc1N(C)C. The summed E-state index contributed by atoms with van der Waals surface area (Å²) in [5.41, 5.74) is 1.86. The summed E-state index contributed by atoms with van der Waals surface area (Å²) in [5.74, 6) is 1.65. The first-order valence-corrected chi connectivity index (χ1v) is 5.63. The molecule has 2 rings (SSSR count). The van der Waals surface area contributed by atoms with E-state index in [1.54, 1.807) is 30.5 Å². The monoisotopic (exact) mass is 244 g/mol. The smallest absolute Gasteiger partial charge is 0.229 e. The highest BCUT2D eigenvalue weighted by Crippen LogP contribution is 2.20. The van der Waals surface area contributed by atoms with Crippen LogP contribution in [0.5, 0.6) is 5.75 Å². The Morgan fingerprint density at radius 1 is 1.17 bits per heavy atom. The van der Waals surface area contributed by atoms with E-state index in [-0.39, 0.29) is 5.75 Å². The normalized spacial score (nSPS) is 10.2. The average molecular weight is 244 g/mol. The lowest BCUT2D eigenvalue weighted by atomic mass is 10.3. The lowest BCUT2D eigenvalue weighted by molar-refractivity contribution is 0.475. The van der Waals surface area contributed by atoms with Crippen molar-refractivity contribution < 1.29 is 5.11 Å². The van der Waals surface area contributed by atoms with Crippen LogP contribution in [0.3, 0.4) is 0 Å². The number of hydrogen-bond donors (Lipinski definition) is 2. The van der Waals surface area contributed by atoms with E-state index < -0.39 is 0 Å². The molecule has 0 amide bonds. The van der Waals surface area contributed by atoms with E-state index in [1.807, 2.05) is 25.9 Å². The number of nitrogens with one attached hydrogen (secondary N) is 1. The third-order valence-electron chi connectivity index (χ3n) is 2.49. The summed E-state index contributed by atoms with van der Waals surface area (Å²) >= 11 is 0. The van der Waals surface area contributed by atoms with Gasteiger partial charge in [0, 0.05) is 31.5 Å². The maximum atomic E-state index is 9.21. The quantitative estimate of drug-likeness (QED) is 0.811. The molecule has 0 bridgehead atoms. The molecule has 0 aliphatic rings. The third kappa shape index (κ3) is 2.68. The lowest BCUT2D eigenvalue weighted by Crippen LogP contribution is -2.13. The fraction of sp³-hybridized carbons (Fsp3) is 0.231. The Kier molecular flexibility index (Phi) is 3.32. The average Bonchev–Trinajstić information content (AvgIpc) is 2.34. The molecule has 5 heteroatoms. The molecule has 0 unspecified atom stereocenters. The second-order valence-electron chi connectivity index (χ2n) is 4.27. The molecule has 5 nitrogen and oxygen atoms in total. The van der Waals surface area contributed by atoms with E-state index in [0.29, 0.717) is 5.95 Å². The Hall–Kier alpha value is -2.30. The number of hydrogen-bond acceptors (Lipinski definition) is 5. The molecule has 0 aliphatic heterocycles. The Balaban J connectivity index is 2.24. The molecule has 1 heterocycles. The minimum absolute atomic E-state index is 0.236. The van der Waals surface area contributed by atoms with Crippen molar-refractivity contribution in [3.8, 4) is 5.75 Å². The van der Waals surface area contributed by atoms with Crippen LogP contribution in [-0.4, -0.2) is 29.2 Å². The molecule has 0 saturated heterocycles. The highest BCUT2D eigenvalue weighted by molar-refractivity contribution is 5.57. The van der Waals surface area contributed by atoms with E-state index in [1.165, 1.54) is 0 Å². The van der Waals surface area contributed by atoms with Gasteiger partial charge in [-0.05, 0) is 31.2 Å². The highest BCUT2D eigenvalue weighted by atomic mass is 16.3. The molecule has 94 valence electrons. The number of anilines is 3. The Bertz CT molecular complexity index is 537. The molecule has 18 heavy (non-hydrogen) atoms. The van der Waals surface area contributed by atoms with Crippen LogP contribution in [0.15, 0.2) is 30.5 Å². The molecule has 2 N–H and O–H groups in total. The topological polar surface area (TPSA) is 61.3 Å². The van der Waals surface area contributed by atoms with Gasteiger partial charge in [-0.15, -0.1) is 0 Å². The van der Waals surface area contributed by atoms with Gasteiger partial charge in [0.25, 0.3) is 0 Å². The van der Waals surface area contributed by atoms with Gasteiger partial charge in [-0.2, -0.15) is 4.98 Å². The van der Waals surface area contributed by atoms with Gasteiger partial charge in [-0.3, -0.25) is 0 Å². The van der Waals surface area contributed by atoms with E-state index in [0.717, 1.165) is 17.1 Å². The van der Waals surface area contributed by atoms with Crippen molar-refractivity contribution in [3.05, 3.63) is 36.0 Å². The van der Waals surface area contributed by atoms with Gasteiger partial charge in [0.15, 0.2) is 0 Å². The molecule has 0 aliphatic carbocycles. The van der Waals surface area contributed by atoms with Crippen molar-refractivity contribution in [2.24, 2.45) is 0 Å². The molecular formula is C13H16N4O. The summed E-state index contributed by atoms with van der Waals surface area (Å²) in [5, 5.41) is 12.3. The van der Waals surface area contributed by atoms with Crippen molar-refractivity contribution in [2.45, 2.75) is 6.92 Å². The summed E-state index contributed by atoms with van der Waals surface area (Å²) in [6, 6.07) is 6.77. The van der Waals surface area contributed by atoms with Crippen LogP contribution in [0.25, 0.3) is 0 Å². The zero-order valence-corrected chi connectivity index (χ0v) is 10.7. The number of phenolic OH excluding ortho intramolecular Hbond substituents is 1. The Labute approximate surface area is 106 Å². The van der Waals surface area contributed by atoms with Gasteiger partial charge in [0.2, 0.25) is 5.95 Å². The van der Waals surface area contributed by atoms with Crippen LogP contribution >= 0.6 is 0 Å². The molecule has 0 radical (unpaired) electrons. The van der Waals surface area contributed by atoms with Crippen LogP contribution in [0.1, 0.15) is 5.56 Å². The van der Waals surface area contributed by atoms with Crippen LogP contribution in [0, 0.1) is 6.92 Å². The summed E-state index contributed by atoms with van der Waals surface area (Å²) < 4.78 is 0. The highest BCUT2D eigenvalue weighted by Gasteiger charge is 2.05. The fourth-order valence-corrected chi connectivity index (χ4v) is 1.62. The molecule has 0 atom stereocenters. The number of aryl methyl sites for hydroxylation is 1. The van der Waals surface area contributed by atoms with Gasteiger partial charge in [-0.1, -0.05) is 0 Å². The number of aromatic nitrogens is 2. The van der Waals surface area contributed by atoms with Crippen LogP contribution in [0.2, 0.25) is 0 Å². The zero-order chi connectivity index (χ0) is 13.1. The molecule has 2 aromatic rings. The van der Waals surface area contributed by atoms with Crippen molar-refractivity contribution >= 4 is 17.5 Å². The van der Waals surface area contributed by atoms with Gasteiger partial charge in [0.1, 0.15) is 11.6 Å². The molecule has 1 aromatic heterocycles. The van der Waals surface area contributed by atoms with E-state index in [9.17, 15) is 5.11 Å². The minimum Gasteiger partial charge on any atom is -0.508 e. The number of rotatable bonds is 3. The van der Waals surface area contributed by atoms with Gasteiger partial charge in [0.05, 0.1) is 0 Å². The number of nitrogens with zero attached hydrogens (tertiary/aromatic N) is 3. The standard InChI is InChI=1S/C13H16N4O/c1-9-8-14-13(16-12(9)17(2)3)15-10-4-6-11(18)7-5-10/h4-8,18H,1-3H3,(H,14,15,16). The van der Waals surface area contributed by atoms with Gasteiger partial charge < -0.3 is 15.3 Å². The van der Waals surface area contributed by atoms with E-state index in [2.05, 4.69) is 15.3 Å². The minimum atomic E-state index is 0.236. The van der Waals surface area contributed by atoms with Crippen molar-refractivity contribution in [1.82, 2.24) is 9.97 Å². The Morgan fingerprint density at radius 2 is 1.83 bits per heavy atom. The summed E-state index contributed by atoms with van der Waals surface area (Å²) in [6.07, 6.45) is 1.78. The maximum absolute atomic E-state index is 9.21. The number of phenols is 1. The predicted molar refractivity (Wildman–Crippen MR) is 72.5 cm³/mol. The first-order valence-electron chi connectivity index (χ1n) is 5.63. The summed E-state index contributed by atoms with van der Waals surface area (Å²) in [4.78, 5) is 10.6. The first-order chi connectivity index (χ1) is 8.56. The van der Waals surface area contributed by atoms with Crippen LogP contribution in [0.4, 0.5) is 17.5 Å². The van der Waals surface area contributed by atoms with E-state index >= 15 is 0 Å². The maximum Gasteiger partial charge on any atom is 0.229 e. The van der Waals surface area contributed by atoms with Gasteiger partial charge in [-0.25, -0.2) is 4.98 Å². The molecule has 1 aromatic carbocycles. The van der Waals surface area contributed by atoms with E-state index in [4.69, 9.17) is 0 Å². The van der Waals surface area contributed by atoms with Crippen LogP contribution in [-0.2, 0) is 0 Å². The second kappa shape index (κ2) is 4.91. The fourth-order valence-electron chi connectivity index (χ4n) is 1.62. The number of aromatic hydroxyl groups is 1. The second-order valence-corrected chi connectivity index (χ2v) is 4.27. The number of benzene rings is 1. The van der Waals surface area contributed by atoms with Gasteiger partial charge >= 0.3 is 0 Å². The molecular weight excluding hydrogens is 228 g/mol. The summed E-state index contributed by atoms with van der Waals surface area (Å²) in [7, 11) is 3.89. The molecule has 0 fully saturated rings. The molecule has 0 spiro atoms. The third-order valence-corrected chi connectivity index (χ3v) is 2.49. The molecule has 0 saturated carbocycles. The summed E-state index contributed by atoms with van der Waals surface area (Å²) in [6.45, 7) is 1.97. The predicted octanol–water partition coefficient (Wildman–Crippen LogP) is 2.30.